The minimum atomic E-state index is -0.303. The number of rotatable bonds is 4. The van der Waals surface area contributed by atoms with Crippen LogP contribution in [0.3, 0.4) is 0 Å². The maximum absolute atomic E-state index is 9.82. The maximum atomic E-state index is 9.82. The van der Waals surface area contributed by atoms with Gasteiger partial charge in [0.2, 0.25) is 0 Å². The second-order valence-corrected chi connectivity index (χ2v) is 6.06. The quantitative estimate of drug-likeness (QED) is 0.783. The van der Waals surface area contributed by atoms with Crippen molar-refractivity contribution in [3.8, 4) is 22.8 Å². The number of hydrogen-bond acceptors (Lipinski definition) is 6. The molecule has 1 aromatic carbocycles. The number of aliphatic hydroxyl groups is 1. The van der Waals surface area contributed by atoms with Gasteiger partial charge in [-0.3, -0.25) is 0 Å². The summed E-state index contributed by atoms with van der Waals surface area (Å²) in [6.45, 7) is 1.38. The molecule has 130 valence electrons. The molecule has 0 saturated carbocycles. The fourth-order valence-corrected chi connectivity index (χ4v) is 3.23. The minimum Gasteiger partial charge on any atom is -0.497 e. The molecular weight excluding hydrogens is 320 g/mol. The first-order valence-electron chi connectivity index (χ1n) is 8.19. The SMILES string of the molecule is COc1ccc(OC)c(-c2cc3c(N4CCC(O)C4)nccn3n2)c1. The fourth-order valence-electron chi connectivity index (χ4n) is 3.23. The van der Waals surface area contributed by atoms with Gasteiger partial charge in [0.05, 0.1) is 26.0 Å². The third-order valence-electron chi connectivity index (χ3n) is 4.52. The molecule has 1 fully saturated rings. The number of nitrogens with zero attached hydrogens (tertiary/aromatic N) is 4. The number of ether oxygens (including phenoxy) is 2. The van der Waals surface area contributed by atoms with Gasteiger partial charge in [-0.1, -0.05) is 0 Å². The lowest BCUT2D eigenvalue weighted by atomic mass is 10.1. The summed E-state index contributed by atoms with van der Waals surface area (Å²) in [6, 6.07) is 7.63. The molecule has 1 saturated heterocycles. The summed E-state index contributed by atoms with van der Waals surface area (Å²) in [5.41, 5.74) is 2.54. The van der Waals surface area contributed by atoms with E-state index in [1.165, 1.54) is 0 Å². The van der Waals surface area contributed by atoms with Crippen LogP contribution in [0.25, 0.3) is 16.8 Å². The van der Waals surface area contributed by atoms with Gasteiger partial charge in [-0.05, 0) is 30.7 Å². The van der Waals surface area contributed by atoms with Crippen molar-refractivity contribution in [2.45, 2.75) is 12.5 Å². The predicted octanol–water partition coefficient (Wildman–Crippen LogP) is 1.98. The number of hydrogen-bond donors (Lipinski definition) is 1. The molecule has 2 aromatic heterocycles. The zero-order valence-corrected chi connectivity index (χ0v) is 14.2. The highest BCUT2D eigenvalue weighted by molar-refractivity contribution is 5.78. The molecule has 0 radical (unpaired) electrons. The molecular formula is C18H20N4O3. The van der Waals surface area contributed by atoms with Gasteiger partial charge in [-0.2, -0.15) is 5.10 Å². The van der Waals surface area contributed by atoms with Crippen LogP contribution in [0.15, 0.2) is 36.7 Å². The molecule has 1 atom stereocenters. The van der Waals surface area contributed by atoms with Crippen LogP contribution in [0.2, 0.25) is 0 Å². The Morgan fingerprint density at radius 2 is 2.08 bits per heavy atom. The van der Waals surface area contributed by atoms with E-state index in [0.29, 0.717) is 6.54 Å². The summed E-state index contributed by atoms with van der Waals surface area (Å²) < 4.78 is 12.6. The van der Waals surface area contributed by atoms with E-state index >= 15 is 0 Å². The molecule has 1 aliphatic heterocycles. The molecule has 0 bridgehead atoms. The molecule has 0 aliphatic carbocycles. The lowest BCUT2D eigenvalue weighted by Gasteiger charge is -2.16. The second kappa shape index (κ2) is 6.25. The Bertz CT molecular complexity index is 908. The molecule has 3 heterocycles. The van der Waals surface area contributed by atoms with E-state index in [-0.39, 0.29) is 6.10 Å². The molecule has 25 heavy (non-hydrogen) atoms. The third-order valence-corrected chi connectivity index (χ3v) is 4.52. The first-order chi connectivity index (χ1) is 12.2. The van der Waals surface area contributed by atoms with E-state index in [4.69, 9.17) is 9.47 Å². The zero-order chi connectivity index (χ0) is 17.4. The van der Waals surface area contributed by atoms with Crippen LogP contribution in [-0.4, -0.2) is 53.1 Å². The molecule has 0 amide bonds. The topological polar surface area (TPSA) is 72.1 Å². The Morgan fingerprint density at radius 3 is 2.80 bits per heavy atom. The second-order valence-electron chi connectivity index (χ2n) is 6.06. The largest absolute Gasteiger partial charge is 0.497 e. The molecule has 1 aliphatic rings. The highest BCUT2D eigenvalue weighted by atomic mass is 16.5. The summed E-state index contributed by atoms with van der Waals surface area (Å²) in [7, 11) is 3.27. The maximum Gasteiger partial charge on any atom is 0.154 e. The summed E-state index contributed by atoms with van der Waals surface area (Å²) >= 11 is 0. The van der Waals surface area contributed by atoms with Gasteiger partial charge in [0, 0.05) is 31.0 Å². The highest BCUT2D eigenvalue weighted by Crippen LogP contribution is 2.34. The van der Waals surface area contributed by atoms with Crippen molar-refractivity contribution in [1.29, 1.82) is 0 Å². The van der Waals surface area contributed by atoms with Crippen molar-refractivity contribution in [2.75, 3.05) is 32.2 Å². The Morgan fingerprint density at radius 1 is 1.20 bits per heavy atom. The van der Waals surface area contributed by atoms with E-state index in [0.717, 1.165) is 47.1 Å². The molecule has 1 unspecified atom stereocenters. The minimum absolute atomic E-state index is 0.303. The third kappa shape index (κ3) is 2.76. The summed E-state index contributed by atoms with van der Waals surface area (Å²) in [5, 5.41) is 14.5. The normalized spacial score (nSPS) is 17.2. The lowest BCUT2D eigenvalue weighted by Crippen LogP contribution is -2.22. The van der Waals surface area contributed by atoms with Crippen LogP contribution < -0.4 is 14.4 Å². The van der Waals surface area contributed by atoms with Crippen molar-refractivity contribution in [1.82, 2.24) is 14.6 Å². The number of fused-ring (bicyclic) bond motifs is 1. The van der Waals surface area contributed by atoms with E-state index in [2.05, 4.69) is 15.0 Å². The molecule has 7 heteroatoms. The Hall–Kier alpha value is -2.80. The summed E-state index contributed by atoms with van der Waals surface area (Å²) in [6.07, 6.45) is 4.00. The summed E-state index contributed by atoms with van der Waals surface area (Å²) in [4.78, 5) is 6.60. The Kier molecular flexibility index (Phi) is 3.93. The van der Waals surface area contributed by atoms with E-state index in [1.54, 1.807) is 24.9 Å². The van der Waals surface area contributed by atoms with Crippen molar-refractivity contribution in [3.63, 3.8) is 0 Å². The van der Waals surface area contributed by atoms with Crippen molar-refractivity contribution >= 4 is 11.3 Å². The molecule has 7 nitrogen and oxygen atoms in total. The number of β-amino-alcohol motifs (C(OH)–C–C–N with tert-alkyl or cyclic N) is 1. The van der Waals surface area contributed by atoms with E-state index in [1.807, 2.05) is 30.5 Å². The van der Waals surface area contributed by atoms with Crippen LogP contribution in [0.4, 0.5) is 5.82 Å². The van der Waals surface area contributed by atoms with Crippen LogP contribution >= 0.6 is 0 Å². The number of anilines is 1. The van der Waals surface area contributed by atoms with Crippen molar-refractivity contribution in [3.05, 3.63) is 36.7 Å². The summed E-state index contributed by atoms with van der Waals surface area (Å²) in [5.74, 6) is 2.31. The van der Waals surface area contributed by atoms with Crippen molar-refractivity contribution < 1.29 is 14.6 Å². The van der Waals surface area contributed by atoms with Crippen LogP contribution in [0.1, 0.15) is 6.42 Å². The Labute approximate surface area is 145 Å². The molecule has 4 rings (SSSR count). The van der Waals surface area contributed by atoms with Gasteiger partial charge in [0.25, 0.3) is 0 Å². The van der Waals surface area contributed by atoms with Gasteiger partial charge in [-0.15, -0.1) is 0 Å². The molecule has 0 spiro atoms. The van der Waals surface area contributed by atoms with Gasteiger partial charge in [-0.25, -0.2) is 9.50 Å². The lowest BCUT2D eigenvalue weighted by molar-refractivity contribution is 0.198. The van der Waals surface area contributed by atoms with Crippen LogP contribution in [-0.2, 0) is 0 Å². The molecule has 1 N–H and O–H groups in total. The number of methoxy groups -OCH3 is 2. The highest BCUT2D eigenvalue weighted by Gasteiger charge is 2.24. The van der Waals surface area contributed by atoms with Crippen LogP contribution in [0.5, 0.6) is 11.5 Å². The standard InChI is InChI=1S/C18H20N4O3/c1-24-13-3-4-17(25-2)14(9-13)15-10-16-18(19-6-8-22(16)20-15)21-7-5-12(23)11-21/h3-4,6,8-10,12,23H,5,7,11H2,1-2H3. The van der Waals surface area contributed by atoms with Crippen molar-refractivity contribution in [2.24, 2.45) is 0 Å². The van der Waals surface area contributed by atoms with Gasteiger partial charge in [0.15, 0.2) is 5.82 Å². The van der Waals surface area contributed by atoms with Crippen LogP contribution in [0, 0.1) is 0 Å². The van der Waals surface area contributed by atoms with E-state index in [9.17, 15) is 5.11 Å². The average Bonchev–Trinajstić information content (AvgIpc) is 3.26. The van der Waals surface area contributed by atoms with Gasteiger partial charge >= 0.3 is 0 Å². The first kappa shape index (κ1) is 15.7. The Balaban J connectivity index is 1.82. The average molecular weight is 340 g/mol. The monoisotopic (exact) mass is 340 g/mol. The fraction of sp³-hybridized carbons (Fsp3) is 0.333. The predicted molar refractivity (Wildman–Crippen MR) is 94.4 cm³/mol. The van der Waals surface area contributed by atoms with E-state index < -0.39 is 0 Å². The van der Waals surface area contributed by atoms with Gasteiger partial charge in [0.1, 0.15) is 17.0 Å². The number of benzene rings is 1. The number of aromatic nitrogens is 3. The van der Waals surface area contributed by atoms with Gasteiger partial charge < -0.3 is 19.5 Å². The zero-order valence-electron chi connectivity index (χ0n) is 14.2. The smallest absolute Gasteiger partial charge is 0.154 e. The molecule has 3 aromatic rings. The number of aliphatic hydroxyl groups excluding tert-OH is 1. The first-order valence-corrected chi connectivity index (χ1v) is 8.19.